The van der Waals surface area contributed by atoms with Crippen LogP contribution < -0.4 is 5.32 Å². The number of benzene rings is 3. The lowest BCUT2D eigenvalue weighted by Gasteiger charge is -2.08. The third kappa shape index (κ3) is 4.71. The number of anilines is 1. The number of rotatable bonds is 5. The number of halogens is 1. The van der Waals surface area contributed by atoms with Crippen LogP contribution in [0.5, 0.6) is 0 Å². The van der Waals surface area contributed by atoms with Crippen molar-refractivity contribution in [1.82, 2.24) is 0 Å². The number of amides is 1. The molecule has 0 spiro atoms. The van der Waals surface area contributed by atoms with Gasteiger partial charge in [-0.15, -0.1) is 0 Å². The van der Waals surface area contributed by atoms with Gasteiger partial charge in [0.05, 0.1) is 0 Å². The monoisotopic (exact) mass is 365 g/mol. The zero-order valence-electron chi connectivity index (χ0n) is 13.8. The number of ether oxygens (including phenoxy) is 1. The van der Waals surface area contributed by atoms with E-state index < -0.39 is 11.9 Å². The molecular weight excluding hydrogens is 350 g/mol. The minimum Gasteiger partial charge on any atom is -0.452 e. The van der Waals surface area contributed by atoms with Crippen LogP contribution in [0.3, 0.4) is 0 Å². The quantitative estimate of drug-likeness (QED) is 0.527. The van der Waals surface area contributed by atoms with Gasteiger partial charge in [0, 0.05) is 22.2 Å². The first-order valence-corrected chi connectivity index (χ1v) is 8.37. The van der Waals surface area contributed by atoms with Crippen LogP contribution in [0.25, 0.3) is 16.8 Å². The fourth-order valence-corrected chi connectivity index (χ4v) is 2.68. The van der Waals surface area contributed by atoms with E-state index in [4.69, 9.17) is 16.3 Å². The van der Waals surface area contributed by atoms with Crippen molar-refractivity contribution in [3.8, 4) is 0 Å². The van der Waals surface area contributed by atoms with Crippen molar-refractivity contribution >= 4 is 46.0 Å². The summed E-state index contributed by atoms with van der Waals surface area (Å²) in [5.41, 5.74) is 1.45. The Bertz CT molecular complexity index is 976. The molecular formula is C21H16ClNO3. The van der Waals surface area contributed by atoms with Gasteiger partial charge in [0.1, 0.15) is 0 Å². The first-order chi connectivity index (χ1) is 12.6. The zero-order chi connectivity index (χ0) is 18.4. The van der Waals surface area contributed by atoms with Crippen LogP contribution in [0.4, 0.5) is 5.69 Å². The Kier molecular flexibility index (Phi) is 5.66. The highest BCUT2D eigenvalue weighted by molar-refractivity contribution is 6.30. The van der Waals surface area contributed by atoms with E-state index in [9.17, 15) is 9.59 Å². The van der Waals surface area contributed by atoms with E-state index in [1.54, 1.807) is 30.3 Å². The summed E-state index contributed by atoms with van der Waals surface area (Å²) in [5.74, 6) is -0.996. The van der Waals surface area contributed by atoms with Crippen molar-refractivity contribution in [2.24, 2.45) is 0 Å². The molecule has 0 radical (unpaired) electrons. The average molecular weight is 366 g/mol. The molecule has 0 aliphatic rings. The van der Waals surface area contributed by atoms with Gasteiger partial charge >= 0.3 is 5.97 Å². The lowest BCUT2D eigenvalue weighted by molar-refractivity contribution is -0.142. The molecule has 0 heterocycles. The van der Waals surface area contributed by atoms with Crippen molar-refractivity contribution < 1.29 is 14.3 Å². The smallest absolute Gasteiger partial charge is 0.331 e. The first-order valence-electron chi connectivity index (χ1n) is 8.00. The Morgan fingerprint density at radius 3 is 2.62 bits per heavy atom. The van der Waals surface area contributed by atoms with Crippen molar-refractivity contribution in [1.29, 1.82) is 0 Å². The third-order valence-corrected chi connectivity index (χ3v) is 3.90. The Morgan fingerprint density at radius 2 is 1.77 bits per heavy atom. The Balaban J connectivity index is 1.56. The lowest BCUT2D eigenvalue weighted by Crippen LogP contribution is -2.20. The maximum atomic E-state index is 12.0. The maximum Gasteiger partial charge on any atom is 0.331 e. The molecule has 0 aromatic heterocycles. The summed E-state index contributed by atoms with van der Waals surface area (Å²) in [6.45, 7) is -0.359. The number of carbonyl (C=O) groups excluding carboxylic acids is 2. The van der Waals surface area contributed by atoms with Crippen LogP contribution in [0.15, 0.2) is 72.8 Å². The molecule has 0 saturated heterocycles. The molecule has 0 atom stereocenters. The van der Waals surface area contributed by atoms with Gasteiger partial charge in [-0.1, -0.05) is 60.1 Å². The molecule has 0 fully saturated rings. The molecule has 0 bridgehead atoms. The van der Waals surface area contributed by atoms with Crippen molar-refractivity contribution in [2.45, 2.75) is 0 Å². The zero-order valence-corrected chi connectivity index (χ0v) is 14.6. The summed E-state index contributed by atoms with van der Waals surface area (Å²) >= 11 is 5.88. The molecule has 4 nitrogen and oxygen atoms in total. The molecule has 3 rings (SSSR count). The van der Waals surface area contributed by atoms with E-state index in [2.05, 4.69) is 5.32 Å². The molecule has 1 N–H and O–H groups in total. The van der Waals surface area contributed by atoms with E-state index in [-0.39, 0.29) is 6.61 Å². The van der Waals surface area contributed by atoms with Crippen LogP contribution in [0.2, 0.25) is 5.02 Å². The Labute approximate surface area is 156 Å². The molecule has 3 aromatic rings. The fourth-order valence-electron chi connectivity index (χ4n) is 2.48. The van der Waals surface area contributed by atoms with Crippen LogP contribution >= 0.6 is 11.6 Å². The number of hydrogen-bond acceptors (Lipinski definition) is 3. The van der Waals surface area contributed by atoms with Gasteiger partial charge in [-0.05, 0) is 35.2 Å². The number of carbonyl (C=O) groups is 2. The summed E-state index contributed by atoms with van der Waals surface area (Å²) in [7, 11) is 0. The predicted molar refractivity (Wildman–Crippen MR) is 104 cm³/mol. The SMILES string of the molecule is O=C(COC(=O)/C=C/c1cccc(Cl)c1)Nc1cccc2ccccc12. The largest absolute Gasteiger partial charge is 0.452 e. The summed E-state index contributed by atoms with van der Waals surface area (Å²) in [5, 5.41) is 5.29. The Morgan fingerprint density at radius 1 is 1.00 bits per heavy atom. The van der Waals surface area contributed by atoms with Gasteiger partial charge in [0.15, 0.2) is 6.61 Å². The maximum absolute atomic E-state index is 12.0. The summed E-state index contributed by atoms with van der Waals surface area (Å²) in [6.07, 6.45) is 2.84. The average Bonchev–Trinajstić information content (AvgIpc) is 2.65. The highest BCUT2D eigenvalue weighted by atomic mass is 35.5. The topological polar surface area (TPSA) is 55.4 Å². The normalized spacial score (nSPS) is 10.8. The van der Waals surface area contributed by atoms with Crippen LogP contribution in [0.1, 0.15) is 5.56 Å². The lowest BCUT2D eigenvalue weighted by atomic mass is 10.1. The van der Waals surface area contributed by atoms with Crippen molar-refractivity contribution in [3.63, 3.8) is 0 Å². The van der Waals surface area contributed by atoms with Gasteiger partial charge in [-0.3, -0.25) is 4.79 Å². The predicted octanol–water partition coefficient (Wildman–Crippen LogP) is 4.69. The molecule has 0 aliphatic heterocycles. The van der Waals surface area contributed by atoms with Gasteiger partial charge in [0.25, 0.3) is 5.91 Å². The van der Waals surface area contributed by atoms with E-state index in [1.165, 1.54) is 6.08 Å². The summed E-state index contributed by atoms with van der Waals surface area (Å²) < 4.78 is 4.97. The second kappa shape index (κ2) is 8.32. The van der Waals surface area contributed by atoms with E-state index in [0.717, 1.165) is 16.3 Å². The van der Waals surface area contributed by atoms with Gasteiger partial charge < -0.3 is 10.1 Å². The number of hydrogen-bond donors (Lipinski definition) is 1. The van der Waals surface area contributed by atoms with Crippen LogP contribution in [0, 0.1) is 0 Å². The molecule has 0 unspecified atom stereocenters. The van der Waals surface area contributed by atoms with Crippen molar-refractivity contribution in [2.75, 3.05) is 11.9 Å². The molecule has 26 heavy (non-hydrogen) atoms. The van der Waals surface area contributed by atoms with Gasteiger partial charge in [-0.2, -0.15) is 0 Å². The number of nitrogens with one attached hydrogen (secondary N) is 1. The van der Waals surface area contributed by atoms with Crippen LogP contribution in [-0.2, 0) is 14.3 Å². The van der Waals surface area contributed by atoms with E-state index in [1.807, 2.05) is 42.5 Å². The molecule has 3 aromatic carbocycles. The molecule has 130 valence electrons. The molecule has 0 aliphatic carbocycles. The third-order valence-electron chi connectivity index (χ3n) is 3.67. The second-order valence-electron chi connectivity index (χ2n) is 5.57. The standard InChI is InChI=1S/C21H16ClNO3/c22-17-8-3-5-15(13-17)11-12-21(25)26-14-20(24)23-19-10-4-7-16-6-1-2-9-18(16)19/h1-13H,14H2,(H,23,24)/b12-11+. The summed E-state index contributed by atoms with van der Waals surface area (Å²) in [6, 6.07) is 20.4. The minimum atomic E-state index is -0.599. The highest BCUT2D eigenvalue weighted by Crippen LogP contribution is 2.22. The van der Waals surface area contributed by atoms with Crippen molar-refractivity contribution in [3.05, 3.63) is 83.4 Å². The second-order valence-corrected chi connectivity index (χ2v) is 6.01. The van der Waals surface area contributed by atoms with Crippen LogP contribution in [-0.4, -0.2) is 18.5 Å². The van der Waals surface area contributed by atoms with Gasteiger partial charge in [-0.25, -0.2) is 4.79 Å². The Hall–Kier alpha value is -3.11. The minimum absolute atomic E-state index is 0.359. The summed E-state index contributed by atoms with van der Waals surface area (Å²) in [4.78, 5) is 23.8. The first kappa shape index (κ1) is 17.7. The highest BCUT2D eigenvalue weighted by Gasteiger charge is 2.08. The van der Waals surface area contributed by atoms with Gasteiger partial charge in [0.2, 0.25) is 0 Å². The molecule has 5 heteroatoms. The fraction of sp³-hybridized carbons (Fsp3) is 0.0476. The number of fused-ring (bicyclic) bond motifs is 1. The van der Waals surface area contributed by atoms with E-state index in [0.29, 0.717) is 10.7 Å². The molecule has 0 saturated carbocycles. The van der Waals surface area contributed by atoms with E-state index >= 15 is 0 Å². The number of esters is 1. The molecule has 1 amide bonds.